The highest BCUT2D eigenvalue weighted by Crippen LogP contribution is 2.28. The quantitative estimate of drug-likeness (QED) is 0.585. The summed E-state index contributed by atoms with van der Waals surface area (Å²) in [4.78, 5) is 11.0. The number of rotatable bonds is 6. The third-order valence-corrected chi connectivity index (χ3v) is 2.37. The third kappa shape index (κ3) is 5.04. The van der Waals surface area contributed by atoms with Gasteiger partial charge in [-0.05, 0) is 29.7 Å². The molecule has 104 valence electrons. The summed E-state index contributed by atoms with van der Waals surface area (Å²) >= 11 is 0. The molecular formula is C15H20O4. The SMILES string of the molecule is COC(=O)/C=C/c1ccc(OCC(C)C)c(OC)c1. The highest BCUT2D eigenvalue weighted by Gasteiger charge is 2.06. The van der Waals surface area contributed by atoms with Crippen LogP contribution in [0.3, 0.4) is 0 Å². The molecule has 0 N–H and O–H groups in total. The van der Waals surface area contributed by atoms with Crippen molar-refractivity contribution in [3.8, 4) is 11.5 Å². The van der Waals surface area contributed by atoms with Crippen LogP contribution in [0.2, 0.25) is 0 Å². The molecule has 1 aromatic rings. The second-order valence-corrected chi connectivity index (χ2v) is 4.47. The van der Waals surface area contributed by atoms with Crippen molar-refractivity contribution in [1.82, 2.24) is 0 Å². The highest BCUT2D eigenvalue weighted by atomic mass is 16.5. The lowest BCUT2D eigenvalue weighted by Crippen LogP contribution is -2.05. The van der Waals surface area contributed by atoms with E-state index in [0.717, 1.165) is 5.56 Å². The van der Waals surface area contributed by atoms with Crippen LogP contribution >= 0.6 is 0 Å². The van der Waals surface area contributed by atoms with Crippen molar-refractivity contribution in [2.75, 3.05) is 20.8 Å². The van der Waals surface area contributed by atoms with Gasteiger partial charge in [0, 0.05) is 6.08 Å². The molecule has 0 heterocycles. The lowest BCUT2D eigenvalue weighted by Gasteiger charge is -2.12. The molecule has 0 aromatic heterocycles. The van der Waals surface area contributed by atoms with E-state index in [1.807, 2.05) is 18.2 Å². The third-order valence-electron chi connectivity index (χ3n) is 2.37. The summed E-state index contributed by atoms with van der Waals surface area (Å²) in [7, 11) is 2.93. The first-order valence-corrected chi connectivity index (χ1v) is 6.13. The van der Waals surface area contributed by atoms with Crippen LogP contribution in [0.4, 0.5) is 0 Å². The second-order valence-electron chi connectivity index (χ2n) is 4.47. The van der Waals surface area contributed by atoms with Crippen LogP contribution in [0.15, 0.2) is 24.3 Å². The molecule has 1 aromatic carbocycles. The Labute approximate surface area is 114 Å². The van der Waals surface area contributed by atoms with E-state index >= 15 is 0 Å². The Hall–Kier alpha value is -1.97. The molecule has 0 aliphatic heterocycles. The summed E-state index contributed by atoms with van der Waals surface area (Å²) in [6.07, 6.45) is 3.03. The van der Waals surface area contributed by atoms with Crippen LogP contribution in [0.1, 0.15) is 19.4 Å². The Morgan fingerprint density at radius 3 is 2.58 bits per heavy atom. The van der Waals surface area contributed by atoms with Crippen LogP contribution in [-0.4, -0.2) is 26.8 Å². The molecule has 0 bridgehead atoms. The zero-order valence-corrected chi connectivity index (χ0v) is 11.8. The van der Waals surface area contributed by atoms with Crippen molar-refractivity contribution in [1.29, 1.82) is 0 Å². The molecule has 0 aliphatic rings. The minimum Gasteiger partial charge on any atom is -0.493 e. The standard InChI is InChI=1S/C15H20O4/c1-11(2)10-19-13-7-5-12(9-14(13)17-3)6-8-15(16)18-4/h5-9,11H,10H2,1-4H3/b8-6+. The zero-order valence-electron chi connectivity index (χ0n) is 11.8. The van der Waals surface area contributed by atoms with E-state index in [1.54, 1.807) is 13.2 Å². The molecule has 19 heavy (non-hydrogen) atoms. The lowest BCUT2D eigenvalue weighted by atomic mass is 10.2. The van der Waals surface area contributed by atoms with E-state index in [2.05, 4.69) is 18.6 Å². The predicted octanol–water partition coefficient (Wildman–Crippen LogP) is 2.92. The molecule has 0 aliphatic carbocycles. The minimum atomic E-state index is -0.390. The molecule has 0 saturated carbocycles. The Kier molecular flexibility index (Phi) is 5.93. The molecule has 0 spiro atoms. The predicted molar refractivity (Wildman–Crippen MR) is 74.4 cm³/mol. The lowest BCUT2D eigenvalue weighted by molar-refractivity contribution is -0.134. The first-order valence-electron chi connectivity index (χ1n) is 6.13. The summed E-state index contributed by atoms with van der Waals surface area (Å²) in [6, 6.07) is 5.50. The topological polar surface area (TPSA) is 44.8 Å². The summed E-state index contributed by atoms with van der Waals surface area (Å²) < 4.78 is 15.5. The van der Waals surface area contributed by atoms with Gasteiger partial charge >= 0.3 is 5.97 Å². The maximum absolute atomic E-state index is 11.0. The molecule has 0 atom stereocenters. The van der Waals surface area contributed by atoms with Crippen molar-refractivity contribution < 1.29 is 19.0 Å². The number of hydrogen-bond donors (Lipinski definition) is 0. The average Bonchev–Trinajstić information content (AvgIpc) is 2.42. The summed E-state index contributed by atoms with van der Waals surface area (Å²) in [5.74, 6) is 1.40. The van der Waals surface area contributed by atoms with Gasteiger partial charge in [0.2, 0.25) is 0 Å². The number of methoxy groups -OCH3 is 2. The van der Waals surface area contributed by atoms with Gasteiger partial charge in [0.05, 0.1) is 20.8 Å². The number of hydrogen-bond acceptors (Lipinski definition) is 4. The van der Waals surface area contributed by atoms with Gasteiger partial charge in [-0.1, -0.05) is 19.9 Å². The van der Waals surface area contributed by atoms with Crippen molar-refractivity contribution in [2.45, 2.75) is 13.8 Å². The Balaban J connectivity index is 2.83. The van der Waals surface area contributed by atoms with E-state index < -0.39 is 0 Å². The number of carbonyl (C=O) groups is 1. The van der Waals surface area contributed by atoms with Gasteiger partial charge in [-0.25, -0.2) is 4.79 Å². The zero-order chi connectivity index (χ0) is 14.3. The maximum Gasteiger partial charge on any atom is 0.330 e. The molecule has 0 radical (unpaired) electrons. The summed E-state index contributed by atoms with van der Waals surface area (Å²) in [5, 5.41) is 0. The van der Waals surface area contributed by atoms with Crippen LogP contribution in [0.5, 0.6) is 11.5 Å². The number of esters is 1. The molecule has 0 unspecified atom stereocenters. The molecular weight excluding hydrogens is 244 g/mol. The fourth-order valence-corrected chi connectivity index (χ4v) is 1.40. The molecule has 4 heteroatoms. The normalized spacial score (nSPS) is 10.8. The Bertz CT molecular complexity index is 449. The van der Waals surface area contributed by atoms with Gasteiger partial charge in [0.25, 0.3) is 0 Å². The molecule has 0 amide bonds. The maximum atomic E-state index is 11.0. The fraction of sp³-hybridized carbons (Fsp3) is 0.400. The fourth-order valence-electron chi connectivity index (χ4n) is 1.40. The van der Waals surface area contributed by atoms with Crippen LogP contribution in [0, 0.1) is 5.92 Å². The first kappa shape index (κ1) is 15.1. The van der Waals surface area contributed by atoms with Gasteiger partial charge in [-0.3, -0.25) is 0 Å². The number of carbonyl (C=O) groups excluding carboxylic acids is 1. The summed E-state index contributed by atoms with van der Waals surface area (Å²) in [5.41, 5.74) is 0.846. The van der Waals surface area contributed by atoms with Crippen LogP contribution < -0.4 is 9.47 Å². The van der Waals surface area contributed by atoms with Crippen molar-refractivity contribution in [3.63, 3.8) is 0 Å². The van der Waals surface area contributed by atoms with E-state index in [4.69, 9.17) is 9.47 Å². The minimum absolute atomic E-state index is 0.390. The van der Waals surface area contributed by atoms with Gasteiger partial charge in [0.15, 0.2) is 11.5 Å². The van der Waals surface area contributed by atoms with Crippen LogP contribution in [-0.2, 0) is 9.53 Å². The number of ether oxygens (including phenoxy) is 3. The second kappa shape index (κ2) is 7.46. The van der Waals surface area contributed by atoms with E-state index in [0.29, 0.717) is 24.0 Å². The summed E-state index contributed by atoms with van der Waals surface area (Å²) in [6.45, 7) is 4.80. The van der Waals surface area contributed by atoms with Gasteiger partial charge < -0.3 is 14.2 Å². The van der Waals surface area contributed by atoms with Gasteiger partial charge in [0.1, 0.15) is 0 Å². The van der Waals surface area contributed by atoms with Crippen LogP contribution in [0.25, 0.3) is 6.08 Å². The molecule has 0 fully saturated rings. The van der Waals surface area contributed by atoms with Gasteiger partial charge in [-0.15, -0.1) is 0 Å². The Morgan fingerprint density at radius 1 is 1.26 bits per heavy atom. The van der Waals surface area contributed by atoms with E-state index in [1.165, 1.54) is 13.2 Å². The molecule has 1 rings (SSSR count). The van der Waals surface area contributed by atoms with Crippen molar-refractivity contribution in [3.05, 3.63) is 29.8 Å². The van der Waals surface area contributed by atoms with Crippen molar-refractivity contribution >= 4 is 12.0 Å². The average molecular weight is 264 g/mol. The first-order chi connectivity index (χ1) is 9.06. The van der Waals surface area contributed by atoms with E-state index in [-0.39, 0.29) is 5.97 Å². The molecule has 0 saturated heterocycles. The molecule has 4 nitrogen and oxygen atoms in total. The Morgan fingerprint density at radius 2 is 2.00 bits per heavy atom. The van der Waals surface area contributed by atoms with Gasteiger partial charge in [-0.2, -0.15) is 0 Å². The number of benzene rings is 1. The van der Waals surface area contributed by atoms with E-state index in [9.17, 15) is 4.79 Å². The van der Waals surface area contributed by atoms with Crippen molar-refractivity contribution in [2.24, 2.45) is 5.92 Å². The largest absolute Gasteiger partial charge is 0.493 e. The highest BCUT2D eigenvalue weighted by molar-refractivity contribution is 5.87. The monoisotopic (exact) mass is 264 g/mol. The smallest absolute Gasteiger partial charge is 0.330 e.